The van der Waals surface area contributed by atoms with Gasteiger partial charge in [0.15, 0.2) is 0 Å². The van der Waals surface area contributed by atoms with E-state index in [4.69, 9.17) is 0 Å². The van der Waals surface area contributed by atoms with E-state index in [9.17, 15) is 9.18 Å². The number of rotatable bonds is 2. The average Bonchev–Trinajstić information content (AvgIpc) is 3.11. The van der Waals surface area contributed by atoms with Gasteiger partial charge in [0.25, 0.3) is 5.91 Å². The standard InChI is InChI=1S/C20H17FN2O/c21-16-10-7-15(8-11-16)19-6-3-13-23(19)20(24)18-12-9-14-4-1-2-5-17(14)22-18/h1-2,4-5,7-12,19H,3,6,13H2. The third kappa shape index (κ3) is 2.64. The predicted octanol–water partition coefficient (Wildman–Crippen LogP) is 4.35. The van der Waals surface area contributed by atoms with Crippen LogP contribution < -0.4 is 0 Å². The van der Waals surface area contributed by atoms with Crippen molar-refractivity contribution in [1.29, 1.82) is 0 Å². The van der Waals surface area contributed by atoms with Gasteiger partial charge in [-0.2, -0.15) is 0 Å². The molecular weight excluding hydrogens is 303 g/mol. The van der Waals surface area contributed by atoms with Gasteiger partial charge in [-0.3, -0.25) is 4.79 Å². The fourth-order valence-electron chi connectivity index (χ4n) is 3.37. The van der Waals surface area contributed by atoms with Crippen molar-refractivity contribution in [3.63, 3.8) is 0 Å². The van der Waals surface area contributed by atoms with E-state index in [1.165, 1.54) is 12.1 Å². The van der Waals surface area contributed by atoms with Crippen molar-refractivity contribution >= 4 is 16.8 Å². The molecule has 2 aromatic carbocycles. The SMILES string of the molecule is O=C(c1ccc2ccccc2n1)N1CCCC1c1ccc(F)cc1. The number of benzene rings is 2. The first-order valence-corrected chi connectivity index (χ1v) is 8.14. The number of pyridine rings is 1. The zero-order chi connectivity index (χ0) is 16.5. The van der Waals surface area contributed by atoms with E-state index in [0.717, 1.165) is 29.3 Å². The number of likely N-dealkylation sites (tertiary alicyclic amines) is 1. The summed E-state index contributed by atoms with van der Waals surface area (Å²) < 4.78 is 13.2. The molecule has 4 rings (SSSR count). The van der Waals surface area contributed by atoms with Crippen molar-refractivity contribution in [3.05, 3.63) is 77.7 Å². The number of hydrogen-bond acceptors (Lipinski definition) is 2. The minimum Gasteiger partial charge on any atom is -0.330 e. The van der Waals surface area contributed by atoms with Crippen LogP contribution in [0.3, 0.4) is 0 Å². The first-order valence-electron chi connectivity index (χ1n) is 8.14. The smallest absolute Gasteiger partial charge is 0.272 e. The van der Waals surface area contributed by atoms with E-state index in [0.29, 0.717) is 12.2 Å². The van der Waals surface area contributed by atoms with Gasteiger partial charge in [-0.1, -0.05) is 36.4 Å². The fraction of sp³-hybridized carbons (Fsp3) is 0.200. The van der Waals surface area contributed by atoms with Gasteiger partial charge in [-0.05, 0) is 42.7 Å². The number of carbonyl (C=O) groups is 1. The maximum atomic E-state index is 13.2. The molecule has 1 aliphatic rings. The molecule has 0 N–H and O–H groups in total. The largest absolute Gasteiger partial charge is 0.330 e. The molecule has 1 amide bonds. The number of carbonyl (C=O) groups excluding carboxylic acids is 1. The van der Waals surface area contributed by atoms with E-state index < -0.39 is 0 Å². The van der Waals surface area contributed by atoms with Crippen LogP contribution >= 0.6 is 0 Å². The topological polar surface area (TPSA) is 33.2 Å². The Morgan fingerprint density at radius 2 is 1.83 bits per heavy atom. The lowest BCUT2D eigenvalue weighted by atomic mass is 10.0. The lowest BCUT2D eigenvalue weighted by Crippen LogP contribution is -2.31. The third-order valence-electron chi connectivity index (χ3n) is 4.59. The molecule has 24 heavy (non-hydrogen) atoms. The molecule has 1 atom stereocenters. The van der Waals surface area contributed by atoms with Crippen LogP contribution in [0.1, 0.15) is 34.9 Å². The molecule has 0 saturated carbocycles. The Hall–Kier alpha value is -2.75. The summed E-state index contributed by atoms with van der Waals surface area (Å²) in [5, 5.41) is 1.02. The minimum atomic E-state index is -0.259. The van der Waals surface area contributed by atoms with Crippen molar-refractivity contribution < 1.29 is 9.18 Å². The van der Waals surface area contributed by atoms with Gasteiger partial charge in [0.1, 0.15) is 11.5 Å². The molecule has 3 aromatic rings. The zero-order valence-corrected chi connectivity index (χ0v) is 13.2. The van der Waals surface area contributed by atoms with Crippen molar-refractivity contribution in [2.45, 2.75) is 18.9 Å². The van der Waals surface area contributed by atoms with Gasteiger partial charge in [0.05, 0.1) is 11.6 Å². The summed E-state index contributed by atoms with van der Waals surface area (Å²) in [6, 6.07) is 17.9. The number of aromatic nitrogens is 1. The molecule has 1 fully saturated rings. The number of para-hydroxylation sites is 1. The molecule has 4 heteroatoms. The van der Waals surface area contributed by atoms with Crippen LogP contribution in [-0.2, 0) is 0 Å². The highest BCUT2D eigenvalue weighted by Gasteiger charge is 2.31. The van der Waals surface area contributed by atoms with E-state index in [-0.39, 0.29) is 17.8 Å². The van der Waals surface area contributed by atoms with E-state index in [1.54, 1.807) is 18.2 Å². The number of fused-ring (bicyclic) bond motifs is 1. The number of hydrogen-bond donors (Lipinski definition) is 0. The number of amides is 1. The highest BCUT2D eigenvalue weighted by Crippen LogP contribution is 2.33. The average molecular weight is 320 g/mol. The molecular formula is C20H17FN2O. The first-order chi connectivity index (χ1) is 11.7. The van der Waals surface area contributed by atoms with E-state index >= 15 is 0 Å². The molecule has 1 aliphatic heterocycles. The fourth-order valence-corrected chi connectivity index (χ4v) is 3.37. The summed E-state index contributed by atoms with van der Waals surface area (Å²) in [6.45, 7) is 0.704. The van der Waals surface area contributed by atoms with Crippen molar-refractivity contribution in [1.82, 2.24) is 9.88 Å². The summed E-state index contributed by atoms with van der Waals surface area (Å²) >= 11 is 0. The summed E-state index contributed by atoms with van der Waals surface area (Å²) in [5.41, 5.74) is 2.26. The van der Waals surface area contributed by atoms with Crippen LogP contribution in [0.15, 0.2) is 60.7 Å². The zero-order valence-electron chi connectivity index (χ0n) is 13.2. The predicted molar refractivity (Wildman–Crippen MR) is 91.2 cm³/mol. The molecule has 120 valence electrons. The summed E-state index contributed by atoms with van der Waals surface area (Å²) in [5.74, 6) is -0.321. The van der Waals surface area contributed by atoms with Crippen LogP contribution in [-0.4, -0.2) is 22.3 Å². The Balaban J connectivity index is 1.65. The molecule has 0 bridgehead atoms. The normalized spacial score (nSPS) is 17.4. The highest BCUT2D eigenvalue weighted by atomic mass is 19.1. The summed E-state index contributed by atoms with van der Waals surface area (Å²) in [6.07, 6.45) is 1.84. The molecule has 0 radical (unpaired) electrons. The second kappa shape index (κ2) is 6.04. The van der Waals surface area contributed by atoms with Crippen LogP contribution in [0.25, 0.3) is 10.9 Å². The lowest BCUT2D eigenvalue weighted by Gasteiger charge is -2.25. The minimum absolute atomic E-state index is 0.00799. The van der Waals surface area contributed by atoms with Gasteiger partial charge in [0, 0.05) is 11.9 Å². The maximum Gasteiger partial charge on any atom is 0.272 e. The second-order valence-corrected chi connectivity index (χ2v) is 6.10. The first kappa shape index (κ1) is 14.8. The Morgan fingerprint density at radius 3 is 2.67 bits per heavy atom. The van der Waals surface area contributed by atoms with Crippen LogP contribution in [0.2, 0.25) is 0 Å². The molecule has 1 unspecified atom stereocenters. The van der Waals surface area contributed by atoms with Crippen molar-refractivity contribution in [2.75, 3.05) is 6.54 Å². The monoisotopic (exact) mass is 320 g/mol. The van der Waals surface area contributed by atoms with Crippen LogP contribution in [0.4, 0.5) is 4.39 Å². The number of nitrogens with zero attached hydrogens (tertiary/aromatic N) is 2. The Kier molecular flexibility index (Phi) is 3.73. The maximum absolute atomic E-state index is 13.2. The quantitative estimate of drug-likeness (QED) is 0.703. The molecule has 1 aromatic heterocycles. The van der Waals surface area contributed by atoms with Gasteiger partial charge < -0.3 is 4.90 Å². The Morgan fingerprint density at radius 1 is 1.04 bits per heavy atom. The van der Waals surface area contributed by atoms with Crippen LogP contribution in [0, 0.1) is 5.82 Å². The Bertz CT molecular complexity index is 892. The van der Waals surface area contributed by atoms with Gasteiger partial charge >= 0.3 is 0 Å². The molecule has 1 saturated heterocycles. The molecule has 3 nitrogen and oxygen atoms in total. The lowest BCUT2D eigenvalue weighted by molar-refractivity contribution is 0.0730. The van der Waals surface area contributed by atoms with E-state index in [2.05, 4.69) is 4.98 Å². The van der Waals surface area contributed by atoms with E-state index in [1.807, 2.05) is 35.2 Å². The van der Waals surface area contributed by atoms with Gasteiger partial charge in [-0.25, -0.2) is 9.37 Å². The molecule has 0 spiro atoms. The molecule has 2 heterocycles. The van der Waals surface area contributed by atoms with Gasteiger partial charge in [-0.15, -0.1) is 0 Å². The molecule has 0 aliphatic carbocycles. The second-order valence-electron chi connectivity index (χ2n) is 6.10. The summed E-state index contributed by atoms with van der Waals surface area (Å²) in [7, 11) is 0. The highest BCUT2D eigenvalue weighted by molar-refractivity contribution is 5.95. The van der Waals surface area contributed by atoms with Crippen molar-refractivity contribution in [3.8, 4) is 0 Å². The summed E-state index contributed by atoms with van der Waals surface area (Å²) in [4.78, 5) is 19.3. The number of halogens is 1. The Labute approximate surface area is 139 Å². The van der Waals surface area contributed by atoms with Crippen molar-refractivity contribution in [2.24, 2.45) is 0 Å². The van der Waals surface area contributed by atoms with Crippen LogP contribution in [0.5, 0.6) is 0 Å². The third-order valence-corrected chi connectivity index (χ3v) is 4.59. The van der Waals surface area contributed by atoms with Gasteiger partial charge in [0.2, 0.25) is 0 Å².